The van der Waals surface area contributed by atoms with Gasteiger partial charge < -0.3 is 14.5 Å². The highest BCUT2D eigenvalue weighted by molar-refractivity contribution is 5.84. The largest absolute Gasteiger partial charge is 0.489 e. The molecule has 5 rings (SSSR count). The summed E-state index contributed by atoms with van der Waals surface area (Å²) in [6.45, 7) is 2.17. The predicted molar refractivity (Wildman–Crippen MR) is 108 cm³/mol. The van der Waals surface area contributed by atoms with Crippen LogP contribution in [0.15, 0.2) is 76.1 Å². The number of hydrogen-bond acceptors (Lipinski definition) is 4. The van der Waals surface area contributed by atoms with Crippen molar-refractivity contribution in [1.82, 2.24) is 9.88 Å². The Bertz CT molecular complexity index is 1190. The highest BCUT2D eigenvalue weighted by Gasteiger charge is 2.18. The molecule has 3 heterocycles. The van der Waals surface area contributed by atoms with Gasteiger partial charge in [0.1, 0.15) is 23.7 Å². The van der Waals surface area contributed by atoms with Gasteiger partial charge in [-0.05, 0) is 29.8 Å². The van der Waals surface area contributed by atoms with Gasteiger partial charge in [-0.25, -0.2) is 0 Å². The maximum absolute atomic E-state index is 12.7. The van der Waals surface area contributed by atoms with Crippen molar-refractivity contribution in [2.24, 2.45) is 0 Å². The van der Waals surface area contributed by atoms with Crippen LogP contribution < -0.4 is 15.6 Å². The van der Waals surface area contributed by atoms with Crippen molar-refractivity contribution in [3.05, 3.63) is 94.1 Å². The van der Waals surface area contributed by atoms with Gasteiger partial charge in [0.25, 0.3) is 5.56 Å². The van der Waals surface area contributed by atoms with E-state index in [1.165, 1.54) is 11.6 Å². The molecule has 4 aromatic rings. The average Bonchev–Trinajstić information content (AvgIpc) is 3.11. The van der Waals surface area contributed by atoms with Crippen LogP contribution >= 0.6 is 0 Å². The lowest BCUT2D eigenvalue weighted by Gasteiger charge is -2.11. The molecule has 0 amide bonds. The van der Waals surface area contributed by atoms with E-state index in [-0.39, 0.29) is 5.56 Å². The zero-order valence-corrected chi connectivity index (χ0v) is 15.4. The Morgan fingerprint density at radius 3 is 2.82 bits per heavy atom. The van der Waals surface area contributed by atoms with Crippen LogP contribution in [0.1, 0.15) is 16.9 Å². The second-order valence-corrected chi connectivity index (χ2v) is 6.96. The molecule has 0 aliphatic carbocycles. The fourth-order valence-corrected chi connectivity index (χ4v) is 3.65. The van der Waals surface area contributed by atoms with Crippen molar-refractivity contribution >= 4 is 11.0 Å². The summed E-state index contributed by atoms with van der Waals surface area (Å²) in [6.07, 6.45) is 2.65. The zero-order chi connectivity index (χ0) is 18.9. The molecule has 0 spiro atoms. The number of hydrogen-bond donors (Lipinski definition) is 1. The third-order valence-electron chi connectivity index (χ3n) is 5.11. The number of rotatable bonds is 4. The normalized spacial score (nSPS) is 13.4. The van der Waals surface area contributed by atoms with Gasteiger partial charge in [0, 0.05) is 48.4 Å². The van der Waals surface area contributed by atoms with Crippen LogP contribution in [0, 0.1) is 0 Å². The summed E-state index contributed by atoms with van der Waals surface area (Å²) in [5.41, 5.74) is 3.82. The lowest BCUT2D eigenvalue weighted by atomic mass is 10.1. The first-order valence-electron chi connectivity index (χ1n) is 9.43. The van der Waals surface area contributed by atoms with Crippen molar-refractivity contribution in [2.45, 2.75) is 19.6 Å². The van der Waals surface area contributed by atoms with Crippen molar-refractivity contribution in [3.63, 3.8) is 0 Å². The maximum atomic E-state index is 12.7. The maximum Gasteiger partial charge on any atom is 0.258 e. The van der Waals surface area contributed by atoms with Gasteiger partial charge in [-0.1, -0.05) is 30.3 Å². The van der Waals surface area contributed by atoms with E-state index in [4.69, 9.17) is 9.15 Å². The smallest absolute Gasteiger partial charge is 0.258 e. The highest BCUT2D eigenvalue weighted by Crippen LogP contribution is 2.29. The minimum atomic E-state index is -0.125. The molecular weight excluding hydrogens is 352 g/mol. The van der Waals surface area contributed by atoms with Gasteiger partial charge in [0.05, 0.1) is 0 Å². The molecule has 0 radical (unpaired) electrons. The van der Waals surface area contributed by atoms with Crippen LogP contribution in [0.5, 0.6) is 5.75 Å². The standard InChI is InChI=1S/C23H20N2O3/c26-23-13-18(27-15-16-4-2-1-3-5-16)9-11-25(23)17-6-7-21-19(12-17)20-14-24-10-8-22(20)28-21/h1-7,9,11-13,24H,8,10,14-15H2. The minimum Gasteiger partial charge on any atom is -0.489 e. The molecule has 1 aliphatic heterocycles. The van der Waals surface area contributed by atoms with Gasteiger partial charge in [-0.15, -0.1) is 0 Å². The summed E-state index contributed by atoms with van der Waals surface area (Å²) in [6, 6.07) is 19.1. The topological polar surface area (TPSA) is 56.4 Å². The van der Waals surface area contributed by atoms with Crippen molar-refractivity contribution < 1.29 is 9.15 Å². The van der Waals surface area contributed by atoms with Gasteiger partial charge in [-0.3, -0.25) is 9.36 Å². The molecule has 2 aromatic carbocycles. The van der Waals surface area contributed by atoms with E-state index >= 15 is 0 Å². The molecule has 140 valence electrons. The first kappa shape index (κ1) is 16.8. The second-order valence-electron chi connectivity index (χ2n) is 6.96. The molecular formula is C23H20N2O3. The van der Waals surface area contributed by atoms with Crippen LogP contribution in [0.3, 0.4) is 0 Å². The Hall–Kier alpha value is -3.31. The first-order chi connectivity index (χ1) is 13.8. The fraction of sp³-hybridized carbons (Fsp3) is 0.174. The molecule has 1 N–H and O–H groups in total. The van der Waals surface area contributed by atoms with Gasteiger partial charge in [0.15, 0.2) is 0 Å². The Kier molecular flexibility index (Phi) is 4.22. The fourth-order valence-electron chi connectivity index (χ4n) is 3.65. The Balaban J connectivity index is 1.44. The van der Waals surface area contributed by atoms with Crippen LogP contribution in [0.4, 0.5) is 0 Å². The number of furan rings is 1. The van der Waals surface area contributed by atoms with E-state index in [1.807, 2.05) is 54.6 Å². The molecule has 28 heavy (non-hydrogen) atoms. The summed E-state index contributed by atoms with van der Waals surface area (Å²) in [7, 11) is 0. The highest BCUT2D eigenvalue weighted by atomic mass is 16.5. The molecule has 0 unspecified atom stereocenters. The van der Waals surface area contributed by atoms with E-state index in [1.54, 1.807) is 10.8 Å². The average molecular weight is 372 g/mol. The van der Waals surface area contributed by atoms with Gasteiger partial charge >= 0.3 is 0 Å². The molecule has 2 aromatic heterocycles. The van der Waals surface area contributed by atoms with Gasteiger partial charge in [0.2, 0.25) is 0 Å². The molecule has 0 atom stereocenters. The quantitative estimate of drug-likeness (QED) is 0.592. The third-order valence-corrected chi connectivity index (χ3v) is 5.11. The molecule has 5 heteroatoms. The summed E-state index contributed by atoms with van der Waals surface area (Å²) < 4.78 is 13.3. The lowest BCUT2D eigenvalue weighted by Crippen LogP contribution is -2.22. The van der Waals surface area contributed by atoms with Crippen molar-refractivity contribution in [2.75, 3.05) is 6.54 Å². The monoisotopic (exact) mass is 372 g/mol. The second kappa shape index (κ2) is 7.02. The molecule has 0 fully saturated rings. The van der Waals surface area contributed by atoms with Crippen molar-refractivity contribution in [1.29, 1.82) is 0 Å². The Morgan fingerprint density at radius 1 is 1.07 bits per heavy atom. The Labute approximate surface area is 162 Å². The first-order valence-corrected chi connectivity index (χ1v) is 9.43. The van der Waals surface area contributed by atoms with Crippen LogP contribution in [-0.2, 0) is 19.6 Å². The molecule has 0 saturated carbocycles. The number of ether oxygens (including phenoxy) is 1. The number of aromatic nitrogens is 1. The number of benzene rings is 2. The van der Waals surface area contributed by atoms with Crippen molar-refractivity contribution in [3.8, 4) is 11.4 Å². The zero-order valence-electron chi connectivity index (χ0n) is 15.4. The number of pyridine rings is 1. The molecule has 0 saturated heterocycles. The summed E-state index contributed by atoms with van der Waals surface area (Å²) >= 11 is 0. The summed E-state index contributed by atoms with van der Waals surface area (Å²) in [5, 5.41) is 4.45. The van der Waals surface area contributed by atoms with Crippen LogP contribution in [0.25, 0.3) is 16.7 Å². The van der Waals surface area contributed by atoms with E-state index in [9.17, 15) is 4.79 Å². The lowest BCUT2D eigenvalue weighted by molar-refractivity contribution is 0.305. The SMILES string of the molecule is O=c1cc(OCc2ccccc2)ccn1-c1ccc2oc3c(c2c1)CNCC3. The van der Waals surface area contributed by atoms with E-state index in [0.717, 1.165) is 47.5 Å². The molecule has 0 bridgehead atoms. The molecule has 5 nitrogen and oxygen atoms in total. The van der Waals surface area contributed by atoms with E-state index in [2.05, 4.69) is 5.32 Å². The van der Waals surface area contributed by atoms with Crippen LogP contribution in [-0.4, -0.2) is 11.1 Å². The van der Waals surface area contributed by atoms with E-state index in [0.29, 0.717) is 12.4 Å². The van der Waals surface area contributed by atoms with Crippen LogP contribution in [0.2, 0.25) is 0 Å². The summed E-state index contributed by atoms with van der Waals surface area (Å²) in [4.78, 5) is 12.7. The van der Waals surface area contributed by atoms with E-state index < -0.39 is 0 Å². The summed E-state index contributed by atoms with van der Waals surface area (Å²) in [5.74, 6) is 1.61. The predicted octanol–water partition coefficient (Wildman–Crippen LogP) is 3.81. The van der Waals surface area contributed by atoms with Gasteiger partial charge in [-0.2, -0.15) is 0 Å². The number of fused-ring (bicyclic) bond motifs is 3. The minimum absolute atomic E-state index is 0.125. The molecule has 1 aliphatic rings. The Morgan fingerprint density at radius 2 is 1.96 bits per heavy atom. The third kappa shape index (κ3) is 3.10. The number of nitrogens with zero attached hydrogens (tertiary/aromatic N) is 1. The number of nitrogens with one attached hydrogen (secondary N) is 1.